The molecule has 6 nitrogen and oxygen atoms in total. The fourth-order valence-electron chi connectivity index (χ4n) is 1.15. The Balaban J connectivity index is 4.59. The van der Waals surface area contributed by atoms with Crippen LogP contribution in [0.15, 0.2) is 0 Å². The summed E-state index contributed by atoms with van der Waals surface area (Å²) in [5.41, 5.74) is 4.11. The molecule has 0 aromatic heterocycles. The Hall–Kier alpha value is -1.59. The molecular formula is C9H16N2O4. The molecule has 0 spiro atoms. The smallest absolute Gasteiger partial charge is 0.316 e. The van der Waals surface area contributed by atoms with Crippen LogP contribution < -0.4 is 11.1 Å². The summed E-state index contributed by atoms with van der Waals surface area (Å²) in [5.74, 6) is -3.82. The van der Waals surface area contributed by atoms with Gasteiger partial charge in [-0.15, -0.1) is 0 Å². The third-order valence-corrected chi connectivity index (χ3v) is 1.81. The second-order valence-corrected chi connectivity index (χ2v) is 4.32. The number of carbonyl (C=O) groups excluding carboxylic acids is 2. The number of rotatable bonds is 4. The molecule has 0 aliphatic heterocycles. The Morgan fingerprint density at radius 1 is 1.33 bits per heavy atom. The summed E-state index contributed by atoms with van der Waals surface area (Å²) in [5, 5.41) is 11.0. The first-order chi connectivity index (χ1) is 6.66. The number of amides is 2. The summed E-state index contributed by atoms with van der Waals surface area (Å²) in [4.78, 5) is 32.7. The Kier molecular flexibility index (Phi) is 4.26. The molecule has 0 heterocycles. The SMILES string of the molecule is CC(C)(C)C(C(=O)O)C(=O)NCC(N)=O. The van der Waals surface area contributed by atoms with Crippen LogP contribution in [0.2, 0.25) is 0 Å². The molecule has 1 atom stereocenters. The highest BCUT2D eigenvalue weighted by Crippen LogP contribution is 2.26. The maximum Gasteiger partial charge on any atom is 0.316 e. The van der Waals surface area contributed by atoms with E-state index in [0.29, 0.717) is 0 Å². The van der Waals surface area contributed by atoms with E-state index in [0.717, 1.165) is 0 Å². The van der Waals surface area contributed by atoms with Crippen molar-refractivity contribution in [2.24, 2.45) is 17.1 Å². The number of nitrogens with one attached hydrogen (secondary N) is 1. The fourth-order valence-corrected chi connectivity index (χ4v) is 1.15. The van der Waals surface area contributed by atoms with E-state index in [9.17, 15) is 14.4 Å². The van der Waals surface area contributed by atoms with E-state index >= 15 is 0 Å². The second-order valence-electron chi connectivity index (χ2n) is 4.32. The van der Waals surface area contributed by atoms with Crippen LogP contribution in [0.25, 0.3) is 0 Å². The van der Waals surface area contributed by atoms with Crippen LogP contribution in [-0.4, -0.2) is 29.4 Å². The summed E-state index contributed by atoms with van der Waals surface area (Å²) < 4.78 is 0. The van der Waals surface area contributed by atoms with Crippen LogP contribution in [-0.2, 0) is 14.4 Å². The topological polar surface area (TPSA) is 109 Å². The van der Waals surface area contributed by atoms with Crippen LogP contribution in [0.3, 0.4) is 0 Å². The Morgan fingerprint density at radius 3 is 2.07 bits per heavy atom. The van der Waals surface area contributed by atoms with Gasteiger partial charge >= 0.3 is 5.97 Å². The molecule has 0 aromatic rings. The predicted octanol–water partition coefficient (Wildman–Crippen LogP) is -0.665. The van der Waals surface area contributed by atoms with Crippen molar-refractivity contribution in [1.82, 2.24) is 5.32 Å². The number of carboxylic acids is 1. The van der Waals surface area contributed by atoms with Crippen molar-refractivity contribution in [3.8, 4) is 0 Å². The molecule has 0 rings (SSSR count). The van der Waals surface area contributed by atoms with Gasteiger partial charge in [0.2, 0.25) is 11.8 Å². The van der Waals surface area contributed by atoms with E-state index in [4.69, 9.17) is 10.8 Å². The lowest BCUT2D eigenvalue weighted by Gasteiger charge is -2.25. The van der Waals surface area contributed by atoms with Crippen molar-refractivity contribution in [1.29, 1.82) is 0 Å². The van der Waals surface area contributed by atoms with Crippen molar-refractivity contribution in [2.45, 2.75) is 20.8 Å². The molecule has 0 bridgehead atoms. The lowest BCUT2D eigenvalue weighted by molar-refractivity contribution is -0.151. The molecule has 0 aromatic carbocycles. The minimum atomic E-state index is -1.22. The summed E-state index contributed by atoms with van der Waals surface area (Å²) in [6.45, 7) is 4.56. The van der Waals surface area contributed by atoms with Crippen molar-refractivity contribution in [3.05, 3.63) is 0 Å². The molecule has 1 unspecified atom stereocenters. The Labute approximate surface area is 87.8 Å². The van der Waals surface area contributed by atoms with Crippen LogP contribution in [0.1, 0.15) is 20.8 Å². The molecule has 0 aliphatic carbocycles. The predicted molar refractivity (Wildman–Crippen MR) is 52.8 cm³/mol. The van der Waals surface area contributed by atoms with Gasteiger partial charge in [-0.1, -0.05) is 20.8 Å². The van der Waals surface area contributed by atoms with Crippen molar-refractivity contribution >= 4 is 17.8 Å². The molecule has 0 saturated heterocycles. The summed E-state index contributed by atoms with van der Waals surface area (Å²) in [6, 6.07) is 0. The standard InChI is InChI=1S/C9H16N2O4/c1-9(2,3)6(8(14)15)7(13)11-4-5(10)12/h6H,4H2,1-3H3,(H2,10,12)(H,11,13)(H,14,15). The zero-order chi connectivity index (χ0) is 12.2. The summed E-state index contributed by atoms with van der Waals surface area (Å²) in [7, 11) is 0. The lowest BCUT2D eigenvalue weighted by atomic mass is 9.80. The number of aliphatic carboxylic acids is 1. The zero-order valence-corrected chi connectivity index (χ0v) is 9.03. The van der Waals surface area contributed by atoms with Crippen LogP contribution in [0.4, 0.5) is 0 Å². The van der Waals surface area contributed by atoms with Gasteiger partial charge in [-0.2, -0.15) is 0 Å². The maximum absolute atomic E-state index is 11.4. The van der Waals surface area contributed by atoms with E-state index in [1.807, 2.05) is 0 Å². The van der Waals surface area contributed by atoms with Gasteiger partial charge in [0.1, 0.15) is 5.92 Å². The van der Waals surface area contributed by atoms with Gasteiger partial charge in [0.15, 0.2) is 0 Å². The van der Waals surface area contributed by atoms with Crippen LogP contribution >= 0.6 is 0 Å². The normalized spacial score (nSPS) is 13.0. The molecule has 2 amide bonds. The Bertz CT molecular complexity index is 280. The molecular weight excluding hydrogens is 200 g/mol. The number of carbonyl (C=O) groups is 3. The quantitative estimate of drug-likeness (QED) is 0.541. The average molecular weight is 216 g/mol. The molecule has 15 heavy (non-hydrogen) atoms. The van der Waals surface area contributed by atoms with Crippen LogP contribution in [0.5, 0.6) is 0 Å². The zero-order valence-electron chi connectivity index (χ0n) is 9.03. The summed E-state index contributed by atoms with van der Waals surface area (Å²) >= 11 is 0. The van der Waals surface area contributed by atoms with Gasteiger partial charge in [-0.3, -0.25) is 14.4 Å². The molecule has 86 valence electrons. The van der Waals surface area contributed by atoms with E-state index in [-0.39, 0.29) is 6.54 Å². The number of carboxylic acid groups (broad SMARTS) is 1. The van der Waals surface area contributed by atoms with Crippen molar-refractivity contribution in [3.63, 3.8) is 0 Å². The second kappa shape index (κ2) is 4.77. The molecule has 0 radical (unpaired) electrons. The molecule has 0 fully saturated rings. The highest BCUT2D eigenvalue weighted by molar-refractivity contribution is 5.98. The molecule has 0 saturated carbocycles. The Morgan fingerprint density at radius 2 is 1.80 bits per heavy atom. The first kappa shape index (κ1) is 13.4. The average Bonchev–Trinajstić information content (AvgIpc) is 1.96. The van der Waals surface area contributed by atoms with Gasteiger partial charge in [0.25, 0.3) is 0 Å². The van der Waals surface area contributed by atoms with E-state index in [1.54, 1.807) is 20.8 Å². The number of nitrogens with two attached hydrogens (primary N) is 1. The molecule has 0 aliphatic rings. The highest BCUT2D eigenvalue weighted by atomic mass is 16.4. The minimum Gasteiger partial charge on any atom is -0.481 e. The third kappa shape index (κ3) is 4.44. The van der Waals surface area contributed by atoms with Gasteiger partial charge in [0, 0.05) is 0 Å². The largest absolute Gasteiger partial charge is 0.481 e. The maximum atomic E-state index is 11.4. The van der Waals surface area contributed by atoms with Gasteiger partial charge in [0.05, 0.1) is 6.54 Å². The number of hydrogen-bond donors (Lipinski definition) is 3. The fraction of sp³-hybridized carbons (Fsp3) is 0.667. The van der Waals surface area contributed by atoms with Crippen LogP contribution in [0, 0.1) is 11.3 Å². The first-order valence-corrected chi connectivity index (χ1v) is 4.45. The van der Waals surface area contributed by atoms with Gasteiger partial charge in [-0.05, 0) is 5.41 Å². The third-order valence-electron chi connectivity index (χ3n) is 1.81. The van der Waals surface area contributed by atoms with E-state index in [2.05, 4.69) is 5.32 Å². The van der Waals surface area contributed by atoms with Gasteiger partial charge < -0.3 is 16.2 Å². The van der Waals surface area contributed by atoms with E-state index < -0.39 is 29.1 Å². The number of hydrogen-bond acceptors (Lipinski definition) is 3. The lowest BCUT2D eigenvalue weighted by Crippen LogP contribution is -2.45. The number of primary amides is 1. The highest BCUT2D eigenvalue weighted by Gasteiger charge is 2.37. The first-order valence-electron chi connectivity index (χ1n) is 4.45. The summed E-state index contributed by atoms with van der Waals surface area (Å²) in [6.07, 6.45) is 0. The van der Waals surface area contributed by atoms with Crippen molar-refractivity contribution in [2.75, 3.05) is 6.54 Å². The van der Waals surface area contributed by atoms with Crippen molar-refractivity contribution < 1.29 is 19.5 Å². The van der Waals surface area contributed by atoms with Gasteiger partial charge in [-0.25, -0.2) is 0 Å². The molecule has 4 N–H and O–H groups in total. The van der Waals surface area contributed by atoms with E-state index in [1.165, 1.54) is 0 Å². The minimum absolute atomic E-state index is 0.349. The monoisotopic (exact) mass is 216 g/mol. The molecule has 6 heteroatoms.